The third-order valence-electron chi connectivity index (χ3n) is 4.16. The Labute approximate surface area is 135 Å². The van der Waals surface area contributed by atoms with Gasteiger partial charge in [0.1, 0.15) is 6.04 Å². The molecule has 122 valence electrons. The van der Waals surface area contributed by atoms with Crippen LogP contribution in [0, 0.1) is 0 Å². The Bertz CT molecular complexity index is 656. The normalized spacial score (nSPS) is 22.5. The first kappa shape index (κ1) is 15.6. The smallest absolute Gasteiger partial charge is 0.246 e. The SMILES string of the molecule is CC1CC(NC(=O)C(C)n2nnc(-c3ccccc3)n2)CCN1. The van der Waals surface area contributed by atoms with E-state index in [-0.39, 0.29) is 11.9 Å². The van der Waals surface area contributed by atoms with Crippen LogP contribution >= 0.6 is 0 Å². The lowest BCUT2D eigenvalue weighted by molar-refractivity contribution is -0.125. The van der Waals surface area contributed by atoms with Gasteiger partial charge in [0, 0.05) is 17.6 Å². The molecular formula is C16H22N6O. The number of benzene rings is 1. The van der Waals surface area contributed by atoms with Crippen LogP contribution < -0.4 is 10.6 Å². The molecule has 1 amide bonds. The fraction of sp³-hybridized carbons (Fsp3) is 0.500. The number of tetrazole rings is 1. The van der Waals surface area contributed by atoms with Crippen molar-refractivity contribution in [2.24, 2.45) is 0 Å². The number of aromatic nitrogens is 4. The molecule has 0 radical (unpaired) electrons. The Morgan fingerprint density at radius 3 is 2.91 bits per heavy atom. The number of hydrogen-bond acceptors (Lipinski definition) is 5. The molecule has 3 atom stereocenters. The van der Waals surface area contributed by atoms with E-state index >= 15 is 0 Å². The van der Waals surface area contributed by atoms with Crippen LogP contribution in [-0.2, 0) is 4.79 Å². The van der Waals surface area contributed by atoms with Crippen molar-refractivity contribution in [3.05, 3.63) is 30.3 Å². The lowest BCUT2D eigenvalue weighted by Gasteiger charge is -2.29. The van der Waals surface area contributed by atoms with E-state index in [1.807, 2.05) is 30.3 Å². The van der Waals surface area contributed by atoms with E-state index in [0.717, 1.165) is 24.9 Å². The molecule has 1 aliphatic rings. The molecule has 1 saturated heterocycles. The minimum Gasteiger partial charge on any atom is -0.351 e. The maximum atomic E-state index is 12.4. The first-order chi connectivity index (χ1) is 11.1. The van der Waals surface area contributed by atoms with Gasteiger partial charge in [0.05, 0.1) is 0 Å². The molecule has 2 heterocycles. The zero-order valence-corrected chi connectivity index (χ0v) is 13.4. The van der Waals surface area contributed by atoms with Crippen molar-refractivity contribution < 1.29 is 4.79 Å². The summed E-state index contributed by atoms with van der Waals surface area (Å²) in [5.41, 5.74) is 0.888. The van der Waals surface area contributed by atoms with E-state index in [1.54, 1.807) is 6.92 Å². The number of amides is 1. The molecule has 2 N–H and O–H groups in total. The predicted molar refractivity (Wildman–Crippen MR) is 86.6 cm³/mol. The van der Waals surface area contributed by atoms with E-state index in [4.69, 9.17) is 0 Å². The van der Waals surface area contributed by atoms with E-state index < -0.39 is 6.04 Å². The highest BCUT2D eigenvalue weighted by Crippen LogP contribution is 2.14. The van der Waals surface area contributed by atoms with Gasteiger partial charge < -0.3 is 10.6 Å². The number of nitrogens with one attached hydrogen (secondary N) is 2. The molecule has 1 fully saturated rings. The minimum absolute atomic E-state index is 0.0684. The fourth-order valence-corrected chi connectivity index (χ4v) is 2.78. The molecule has 3 rings (SSSR count). The topological polar surface area (TPSA) is 84.7 Å². The number of nitrogens with zero attached hydrogens (tertiary/aromatic N) is 4. The van der Waals surface area contributed by atoms with Gasteiger partial charge in [0.25, 0.3) is 0 Å². The summed E-state index contributed by atoms with van der Waals surface area (Å²) in [5.74, 6) is 0.460. The van der Waals surface area contributed by atoms with Gasteiger partial charge in [-0.15, -0.1) is 10.2 Å². The van der Waals surface area contributed by atoms with Crippen LogP contribution in [0.5, 0.6) is 0 Å². The van der Waals surface area contributed by atoms with Crippen molar-refractivity contribution in [1.82, 2.24) is 30.8 Å². The van der Waals surface area contributed by atoms with Crippen molar-refractivity contribution in [2.75, 3.05) is 6.54 Å². The monoisotopic (exact) mass is 314 g/mol. The molecule has 3 unspecified atom stereocenters. The fourth-order valence-electron chi connectivity index (χ4n) is 2.78. The summed E-state index contributed by atoms with van der Waals surface area (Å²) in [5, 5.41) is 18.9. The average Bonchev–Trinajstić information content (AvgIpc) is 3.05. The minimum atomic E-state index is -0.481. The van der Waals surface area contributed by atoms with Gasteiger partial charge in [0.15, 0.2) is 0 Å². The molecule has 1 aliphatic heterocycles. The second kappa shape index (κ2) is 6.87. The van der Waals surface area contributed by atoms with E-state index in [9.17, 15) is 4.79 Å². The maximum Gasteiger partial charge on any atom is 0.246 e. The highest BCUT2D eigenvalue weighted by molar-refractivity contribution is 5.80. The third-order valence-corrected chi connectivity index (χ3v) is 4.16. The summed E-state index contributed by atoms with van der Waals surface area (Å²) in [4.78, 5) is 13.8. The maximum absolute atomic E-state index is 12.4. The summed E-state index contributed by atoms with van der Waals surface area (Å²) in [6.07, 6.45) is 1.89. The first-order valence-corrected chi connectivity index (χ1v) is 8.02. The Hall–Kier alpha value is -2.28. The van der Waals surface area contributed by atoms with Gasteiger partial charge >= 0.3 is 0 Å². The van der Waals surface area contributed by atoms with Gasteiger partial charge in [-0.2, -0.15) is 4.80 Å². The van der Waals surface area contributed by atoms with Gasteiger partial charge in [-0.3, -0.25) is 4.79 Å². The molecule has 23 heavy (non-hydrogen) atoms. The number of carbonyl (C=O) groups is 1. The molecule has 0 bridgehead atoms. The van der Waals surface area contributed by atoms with Crippen molar-refractivity contribution in [3.63, 3.8) is 0 Å². The summed E-state index contributed by atoms with van der Waals surface area (Å²) in [7, 11) is 0. The summed E-state index contributed by atoms with van der Waals surface area (Å²) in [6, 6.07) is 9.77. The quantitative estimate of drug-likeness (QED) is 0.884. The number of carbonyl (C=O) groups excluding carboxylic acids is 1. The summed E-state index contributed by atoms with van der Waals surface area (Å²) < 4.78 is 0. The van der Waals surface area contributed by atoms with Gasteiger partial charge in [0.2, 0.25) is 11.7 Å². The highest BCUT2D eigenvalue weighted by Gasteiger charge is 2.24. The van der Waals surface area contributed by atoms with Gasteiger partial charge in [-0.1, -0.05) is 30.3 Å². The first-order valence-electron chi connectivity index (χ1n) is 8.02. The average molecular weight is 314 g/mol. The molecule has 0 spiro atoms. The largest absolute Gasteiger partial charge is 0.351 e. The van der Waals surface area contributed by atoms with E-state index in [1.165, 1.54) is 4.80 Å². The van der Waals surface area contributed by atoms with Crippen LogP contribution in [0.3, 0.4) is 0 Å². The number of rotatable bonds is 4. The predicted octanol–water partition coefficient (Wildman–Crippen LogP) is 1.16. The Balaban J connectivity index is 1.64. The standard InChI is InChI=1S/C16H22N6O/c1-11-10-14(8-9-17-11)18-16(23)12(2)22-20-15(19-21-22)13-6-4-3-5-7-13/h3-7,11-12,14,17H,8-10H2,1-2H3,(H,18,23). The Kier molecular flexibility index (Phi) is 4.66. The van der Waals surface area contributed by atoms with Crippen molar-refractivity contribution in [1.29, 1.82) is 0 Å². The third kappa shape index (κ3) is 3.73. The Morgan fingerprint density at radius 1 is 1.39 bits per heavy atom. The highest BCUT2D eigenvalue weighted by atomic mass is 16.2. The lowest BCUT2D eigenvalue weighted by Crippen LogP contribution is -2.48. The molecule has 2 aromatic rings. The second-order valence-corrected chi connectivity index (χ2v) is 6.06. The number of piperidine rings is 1. The van der Waals surface area contributed by atoms with Crippen molar-refractivity contribution in [3.8, 4) is 11.4 Å². The lowest BCUT2D eigenvalue weighted by atomic mass is 10.0. The Morgan fingerprint density at radius 2 is 2.17 bits per heavy atom. The second-order valence-electron chi connectivity index (χ2n) is 6.06. The number of hydrogen-bond donors (Lipinski definition) is 2. The van der Waals surface area contributed by atoms with Crippen molar-refractivity contribution in [2.45, 2.75) is 44.8 Å². The van der Waals surface area contributed by atoms with Crippen LogP contribution in [0.4, 0.5) is 0 Å². The van der Waals surface area contributed by atoms with Crippen LogP contribution in [-0.4, -0.2) is 44.7 Å². The molecule has 0 saturated carbocycles. The zero-order valence-electron chi connectivity index (χ0n) is 13.4. The molecule has 1 aromatic heterocycles. The van der Waals surface area contributed by atoms with Crippen LogP contribution in [0.1, 0.15) is 32.7 Å². The summed E-state index contributed by atoms with van der Waals surface area (Å²) in [6.45, 7) is 4.85. The van der Waals surface area contributed by atoms with E-state index in [2.05, 4.69) is 33.0 Å². The summed E-state index contributed by atoms with van der Waals surface area (Å²) >= 11 is 0. The van der Waals surface area contributed by atoms with Gasteiger partial charge in [-0.25, -0.2) is 0 Å². The van der Waals surface area contributed by atoms with Crippen LogP contribution in [0.15, 0.2) is 30.3 Å². The van der Waals surface area contributed by atoms with Crippen molar-refractivity contribution >= 4 is 5.91 Å². The molecule has 7 heteroatoms. The van der Waals surface area contributed by atoms with Gasteiger partial charge in [-0.05, 0) is 38.4 Å². The molecule has 1 aromatic carbocycles. The molecule has 7 nitrogen and oxygen atoms in total. The zero-order chi connectivity index (χ0) is 16.2. The molecular weight excluding hydrogens is 292 g/mol. The van der Waals surface area contributed by atoms with Crippen LogP contribution in [0.25, 0.3) is 11.4 Å². The van der Waals surface area contributed by atoms with Crippen LogP contribution in [0.2, 0.25) is 0 Å². The van der Waals surface area contributed by atoms with E-state index in [0.29, 0.717) is 11.9 Å². The molecule has 0 aliphatic carbocycles.